The van der Waals surface area contributed by atoms with E-state index in [9.17, 15) is 8.42 Å². The van der Waals surface area contributed by atoms with Crippen molar-refractivity contribution >= 4 is 16.4 Å². The second-order valence-corrected chi connectivity index (χ2v) is 4.74. The van der Waals surface area contributed by atoms with Crippen molar-refractivity contribution in [2.24, 2.45) is 4.40 Å². The molecule has 0 unspecified atom stereocenters. The fourth-order valence-corrected chi connectivity index (χ4v) is 1.20. The Kier molecular flexibility index (Phi) is 3.38. The highest BCUT2D eigenvalue weighted by atomic mass is 32.2. The van der Waals surface area contributed by atoms with Crippen LogP contribution < -0.4 is 0 Å². The summed E-state index contributed by atoms with van der Waals surface area (Å²) in [5, 5.41) is 0. The van der Waals surface area contributed by atoms with Crippen molar-refractivity contribution in [2.45, 2.75) is 0 Å². The molecule has 0 aromatic heterocycles. The predicted octanol–water partition coefficient (Wildman–Crippen LogP) is 0.912. The van der Waals surface area contributed by atoms with Gasteiger partial charge in [-0.25, -0.2) is 0 Å². The van der Waals surface area contributed by atoms with Gasteiger partial charge in [0, 0.05) is 20.3 Å². The fourth-order valence-electron chi connectivity index (χ4n) is 0.761. The van der Waals surface area contributed by atoms with Crippen LogP contribution in [0.3, 0.4) is 0 Å². The molecule has 1 aromatic carbocycles. The number of rotatable bonds is 3. The Morgan fingerprint density at radius 2 is 1.79 bits per heavy atom. The summed E-state index contributed by atoms with van der Waals surface area (Å²) in [6.45, 7) is 0. The highest BCUT2D eigenvalue weighted by Gasteiger charge is 2.08. The van der Waals surface area contributed by atoms with Crippen LogP contribution in [-0.4, -0.2) is 33.0 Å². The van der Waals surface area contributed by atoms with Crippen LogP contribution >= 0.6 is 0 Å². The van der Waals surface area contributed by atoms with Gasteiger partial charge in [0.25, 0.3) is 0 Å². The number of nitrogens with zero attached hydrogens (tertiary/aromatic N) is 2. The maximum atomic E-state index is 11.2. The topological polar surface area (TPSA) is 49.7 Å². The van der Waals surface area contributed by atoms with Crippen molar-refractivity contribution in [3.63, 3.8) is 0 Å². The number of benzene rings is 1. The van der Waals surface area contributed by atoms with Crippen molar-refractivity contribution in [3.8, 4) is 0 Å². The summed E-state index contributed by atoms with van der Waals surface area (Å²) in [6, 6.07) is 9.08. The molecule has 0 aliphatic heterocycles. The van der Waals surface area contributed by atoms with E-state index in [1.165, 1.54) is 20.3 Å². The van der Waals surface area contributed by atoms with Crippen LogP contribution in [0.25, 0.3) is 0 Å². The lowest BCUT2D eigenvalue weighted by Crippen LogP contribution is -2.19. The molecule has 0 bridgehead atoms. The third-order valence-corrected chi connectivity index (χ3v) is 2.89. The van der Waals surface area contributed by atoms with Crippen molar-refractivity contribution < 1.29 is 8.42 Å². The van der Waals surface area contributed by atoms with Crippen molar-refractivity contribution in [2.75, 3.05) is 14.1 Å². The molecule has 0 heterocycles. The van der Waals surface area contributed by atoms with Crippen LogP contribution in [0.2, 0.25) is 0 Å². The molecule has 0 radical (unpaired) electrons. The largest absolute Gasteiger partial charge is 0.321 e. The minimum Gasteiger partial charge on any atom is -0.189 e. The average Bonchev–Trinajstić information content (AvgIpc) is 2.16. The number of hydrogen-bond acceptors (Lipinski definition) is 2. The van der Waals surface area contributed by atoms with Gasteiger partial charge in [0.05, 0.1) is 0 Å². The molecule has 4 nitrogen and oxygen atoms in total. The van der Waals surface area contributed by atoms with Gasteiger partial charge in [-0.1, -0.05) is 30.3 Å². The maximum absolute atomic E-state index is 11.2. The van der Waals surface area contributed by atoms with Crippen molar-refractivity contribution in [1.29, 1.82) is 0 Å². The van der Waals surface area contributed by atoms with E-state index in [0.29, 0.717) is 0 Å². The molecular formula is C9H12N2O2S. The molecule has 76 valence electrons. The minimum absolute atomic E-state index is 0.762. The third-order valence-electron chi connectivity index (χ3n) is 1.60. The van der Waals surface area contributed by atoms with E-state index in [0.717, 1.165) is 9.87 Å². The standard InChI is InChI=1S/C9H12N2O2S/c1-11(2)14(12,13)10-8-9-6-4-3-5-7-9/h3-8H,1-2H3/b10-8+. The van der Waals surface area contributed by atoms with E-state index in [1.807, 2.05) is 18.2 Å². The fraction of sp³-hybridized carbons (Fsp3) is 0.222. The molecule has 0 saturated heterocycles. The van der Waals surface area contributed by atoms with Crippen LogP contribution in [0.15, 0.2) is 34.7 Å². The molecular weight excluding hydrogens is 200 g/mol. The summed E-state index contributed by atoms with van der Waals surface area (Å²) in [5.74, 6) is 0. The Balaban J connectivity index is 2.85. The van der Waals surface area contributed by atoms with E-state index in [2.05, 4.69) is 4.40 Å². The van der Waals surface area contributed by atoms with E-state index in [-0.39, 0.29) is 0 Å². The zero-order chi connectivity index (χ0) is 10.6. The Hall–Kier alpha value is -1.20. The molecule has 1 aromatic rings. The lowest BCUT2D eigenvalue weighted by Gasteiger charge is -2.04. The highest BCUT2D eigenvalue weighted by molar-refractivity contribution is 7.87. The maximum Gasteiger partial charge on any atom is 0.321 e. The van der Waals surface area contributed by atoms with Crippen LogP contribution in [-0.2, 0) is 10.2 Å². The van der Waals surface area contributed by atoms with E-state index < -0.39 is 10.2 Å². The van der Waals surface area contributed by atoms with Crippen molar-refractivity contribution in [3.05, 3.63) is 35.9 Å². The molecule has 0 N–H and O–H groups in total. The molecule has 1 rings (SSSR count). The van der Waals surface area contributed by atoms with Crippen LogP contribution in [0.4, 0.5) is 0 Å². The molecule has 0 atom stereocenters. The third kappa shape index (κ3) is 2.93. The van der Waals surface area contributed by atoms with Gasteiger partial charge in [-0.05, 0) is 5.56 Å². The lowest BCUT2D eigenvalue weighted by atomic mass is 10.2. The first-order valence-electron chi connectivity index (χ1n) is 4.05. The van der Waals surface area contributed by atoms with Gasteiger partial charge in [-0.15, -0.1) is 0 Å². The normalized spacial score (nSPS) is 12.5. The van der Waals surface area contributed by atoms with Crippen LogP contribution in [0.1, 0.15) is 5.56 Å². The van der Waals surface area contributed by atoms with E-state index >= 15 is 0 Å². The highest BCUT2D eigenvalue weighted by Crippen LogP contribution is 1.98. The zero-order valence-electron chi connectivity index (χ0n) is 8.08. The van der Waals surface area contributed by atoms with Gasteiger partial charge >= 0.3 is 10.2 Å². The minimum atomic E-state index is -3.49. The van der Waals surface area contributed by atoms with Gasteiger partial charge in [-0.2, -0.15) is 17.1 Å². The molecule has 0 spiro atoms. The summed E-state index contributed by atoms with van der Waals surface area (Å²) in [5.41, 5.74) is 0.762. The first-order valence-corrected chi connectivity index (χ1v) is 5.45. The second-order valence-electron chi connectivity index (χ2n) is 2.91. The summed E-state index contributed by atoms with van der Waals surface area (Å²) in [7, 11) is -0.609. The van der Waals surface area contributed by atoms with Gasteiger partial charge < -0.3 is 0 Å². The Bertz CT molecular complexity index is 410. The molecule has 0 saturated carbocycles. The Labute approximate surface area is 84.1 Å². The monoisotopic (exact) mass is 212 g/mol. The summed E-state index contributed by atoms with van der Waals surface area (Å²) in [4.78, 5) is 0. The van der Waals surface area contributed by atoms with Gasteiger partial charge in [0.2, 0.25) is 0 Å². The van der Waals surface area contributed by atoms with Gasteiger partial charge in [0.1, 0.15) is 0 Å². The van der Waals surface area contributed by atoms with Crippen LogP contribution in [0.5, 0.6) is 0 Å². The average molecular weight is 212 g/mol. The Morgan fingerprint density at radius 3 is 2.29 bits per heavy atom. The quantitative estimate of drug-likeness (QED) is 0.699. The van der Waals surface area contributed by atoms with E-state index in [1.54, 1.807) is 12.1 Å². The molecule has 0 aliphatic carbocycles. The summed E-state index contributed by atoms with van der Waals surface area (Å²) >= 11 is 0. The predicted molar refractivity (Wildman–Crippen MR) is 56.6 cm³/mol. The smallest absolute Gasteiger partial charge is 0.189 e. The summed E-state index contributed by atoms with van der Waals surface area (Å²) < 4.78 is 27.0. The van der Waals surface area contributed by atoms with Gasteiger partial charge in [0.15, 0.2) is 0 Å². The molecule has 0 amide bonds. The first kappa shape index (κ1) is 10.9. The van der Waals surface area contributed by atoms with Crippen LogP contribution in [0, 0.1) is 0 Å². The van der Waals surface area contributed by atoms with E-state index in [4.69, 9.17) is 0 Å². The van der Waals surface area contributed by atoms with Crippen molar-refractivity contribution in [1.82, 2.24) is 4.31 Å². The summed E-state index contributed by atoms with van der Waals surface area (Å²) in [6.07, 6.45) is 1.33. The lowest BCUT2D eigenvalue weighted by molar-refractivity contribution is 0.523. The number of hydrogen-bond donors (Lipinski definition) is 0. The Morgan fingerprint density at radius 1 is 1.21 bits per heavy atom. The molecule has 5 heteroatoms. The zero-order valence-corrected chi connectivity index (χ0v) is 8.90. The SMILES string of the molecule is CN(C)S(=O)(=O)/N=C/c1ccccc1. The van der Waals surface area contributed by atoms with Gasteiger partial charge in [-0.3, -0.25) is 0 Å². The first-order chi connectivity index (χ1) is 6.52. The second kappa shape index (κ2) is 4.34. The molecule has 0 fully saturated rings. The molecule has 0 aliphatic rings. The molecule has 14 heavy (non-hydrogen) atoms.